The first-order valence-corrected chi connectivity index (χ1v) is 11.2. The number of hydrogen-bond acceptors (Lipinski definition) is 5. The first kappa shape index (κ1) is 22.0. The first-order chi connectivity index (χ1) is 17.2. The van der Waals surface area contributed by atoms with E-state index in [9.17, 15) is 9.59 Å². The molecule has 35 heavy (non-hydrogen) atoms. The lowest BCUT2D eigenvalue weighted by molar-refractivity contribution is 0.0526. The van der Waals surface area contributed by atoms with Gasteiger partial charge >= 0.3 is 5.97 Å². The Hall–Kier alpha value is -4.78. The molecule has 1 amide bonds. The van der Waals surface area contributed by atoms with E-state index in [0.717, 1.165) is 11.0 Å². The van der Waals surface area contributed by atoms with Gasteiger partial charge in [0.2, 0.25) is 0 Å². The number of aromatic nitrogens is 3. The van der Waals surface area contributed by atoms with E-state index >= 15 is 0 Å². The number of carbonyl (C=O) groups excluding carboxylic acids is 2. The van der Waals surface area contributed by atoms with Crippen LogP contribution in [0.5, 0.6) is 0 Å². The molecule has 0 bridgehead atoms. The molecule has 1 N–H and O–H groups in total. The van der Waals surface area contributed by atoms with Crippen molar-refractivity contribution in [2.75, 3.05) is 11.9 Å². The fourth-order valence-electron chi connectivity index (χ4n) is 3.89. The Balaban J connectivity index is 1.71. The summed E-state index contributed by atoms with van der Waals surface area (Å²) in [7, 11) is 0. The Labute approximate surface area is 202 Å². The topological polar surface area (TPSA) is 86.1 Å². The lowest BCUT2D eigenvalue weighted by atomic mass is 10.1. The van der Waals surface area contributed by atoms with E-state index in [0.29, 0.717) is 34.0 Å². The van der Waals surface area contributed by atoms with Crippen molar-refractivity contribution in [3.8, 4) is 17.2 Å². The molecule has 2 aromatic heterocycles. The summed E-state index contributed by atoms with van der Waals surface area (Å²) in [6, 6.07) is 27.4. The van der Waals surface area contributed by atoms with E-state index in [2.05, 4.69) is 10.3 Å². The summed E-state index contributed by atoms with van der Waals surface area (Å²) in [5, 5.41) is 2.98. The number of pyridine rings is 1. The highest BCUT2D eigenvalue weighted by Crippen LogP contribution is 2.32. The first-order valence-electron chi connectivity index (χ1n) is 11.2. The van der Waals surface area contributed by atoms with Gasteiger partial charge in [-0.2, -0.15) is 0 Å². The van der Waals surface area contributed by atoms with Gasteiger partial charge in [-0.05, 0) is 61.5 Å². The minimum Gasteiger partial charge on any atom is -0.462 e. The number of para-hydroxylation sites is 2. The number of anilines is 1. The number of fused-ring (bicyclic) bond motifs is 1. The van der Waals surface area contributed by atoms with E-state index in [1.54, 1.807) is 55.6 Å². The summed E-state index contributed by atoms with van der Waals surface area (Å²) in [5.74, 6) is -0.141. The van der Waals surface area contributed by atoms with Crippen molar-refractivity contribution in [2.24, 2.45) is 0 Å². The number of rotatable bonds is 6. The summed E-state index contributed by atoms with van der Waals surface area (Å²) in [4.78, 5) is 34.9. The number of imidazole rings is 1. The van der Waals surface area contributed by atoms with Gasteiger partial charge in [-0.25, -0.2) is 9.78 Å². The summed E-state index contributed by atoms with van der Waals surface area (Å²) in [5.41, 5.74) is 4.23. The number of carbonyl (C=O) groups is 2. The van der Waals surface area contributed by atoms with Gasteiger partial charge in [-0.15, -0.1) is 0 Å². The highest BCUT2D eigenvalue weighted by atomic mass is 16.5. The smallest absolute Gasteiger partial charge is 0.338 e. The zero-order valence-corrected chi connectivity index (χ0v) is 19.0. The SMILES string of the molecule is CCOC(=O)c1ccc(-n2c(-c3ccccn3)nc3ccccc32)c(NC(=O)c2ccccc2)c1. The predicted octanol–water partition coefficient (Wildman–Crippen LogP) is 5.52. The molecular weight excluding hydrogens is 440 g/mol. The number of ether oxygens (including phenoxy) is 1. The van der Waals surface area contributed by atoms with Crippen molar-refractivity contribution in [1.82, 2.24) is 14.5 Å². The van der Waals surface area contributed by atoms with Crippen LogP contribution in [0.4, 0.5) is 5.69 Å². The number of amides is 1. The number of nitrogens with one attached hydrogen (secondary N) is 1. The number of benzene rings is 3. The standard InChI is InChI=1S/C28H22N4O3/c1-2-35-28(34)20-15-16-25(23(18-20)31-27(33)19-10-4-3-5-11-19)32-24-14-7-6-12-21(24)30-26(32)22-13-8-9-17-29-22/h3-18H,2H2,1H3,(H,31,33). The van der Waals surface area contributed by atoms with Crippen LogP contribution in [0, 0.1) is 0 Å². The van der Waals surface area contributed by atoms with Crippen molar-refractivity contribution in [1.29, 1.82) is 0 Å². The fraction of sp³-hybridized carbons (Fsp3) is 0.0714. The van der Waals surface area contributed by atoms with E-state index in [4.69, 9.17) is 9.72 Å². The monoisotopic (exact) mass is 462 g/mol. The molecule has 0 radical (unpaired) electrons. The van der Waals surface area contributed by atoms with Crippen LogP contribution in [0.1, 0.15) is 27.6 Å². The molecule has 0 saturated heterocycles. The van der Waals surface area contributed by atoms with Gasteiger partial charge in [0.05, 0.1) is 34.6 Å². The molecular formula is C28H22N4O3. The number of esters is 1. The molecule has 2 heterocycles. The van der Waals surface area contributed by atoms with Gasteiger partial charge in [0, 0.05) is 11.8 Å². The maximum Gasteiger partial charge on any atom is 0.338 e. The molecule has 0 aliphatic heterocycles. The second-order valence-electron chi connectivity index (χ2n) is 7.75. The van der Waals surface area contributed by atoms with Crippen LogP contribution >= 0.6 is 0 Å². The Morgan fingerprint density at radius 3 is 2.43 bits per heavy atom. The summed E-state index contributed by atoms with van der Waals surface area (Å²) in [6.07, 6.45) is 1.71. The quantitative estimate of drug-likeness (QED) is 0.336. The Morgan fingerprint density at radius 1 is 0.886 bits per heavy atom. The van der Waals surface area contributed by atoms with E-state index < -0.39 is 5.97 Å². The third-order valence-electron chi connectivity index (χ3n) is 5.49. The summed E-state index contributed by atoms with van der Waals surface area (Å²) < 4.78 is 7.12. The molecule has 3 aromatic carbocycles. The zero-order chi connectivity index (χ0) is 24.2. The maximum atomic E-state index is 13.1. The molecule has 0 atom stereocenters. The van der Waals surface area contributed by atoms with E-state index in [1.807, 2.05) is 53.1 Å². The second kappa shape index (κ2) is 9.61. The van der Waals surface area contributed by atoms with Crippen LogP contribution < -0.4 is 5.32 Å². The Kier molecular flexibility index (Phi) is 6.05. The van der Waals surface area contributed by atoms with Crippen molar-refractivity contribution in [2.45, 2.75) is 6.92 Å². The van der Waals surface area contributed by atoms with Gasteiger partial charge in [-0.1, -0.05) is 36.4 Å². The highest BCUT2D eigenvalue weighted by Gasteiger charge is 2.20. The zero-order valence-electron chi connectivity index (χ0n) is 19.0. The number of hydrogen-bond donors (Lipinski definition) is 1. The van der Waals surface area contributed by atoms with Gasteiger partial charge in [0.1, 0.15) is 5.69 Å². The van der Waals surface area contributed by atoms with Crippen molar-refractivity contribution < 1.29 is 14.3 Å². The lowest BCUT2D eigenvalue weighted by Crippen LogP contribution is -2.15. The van der Waals surface area contributed by atoms with Crippen LogP contribution in [0.3, 0.4) is 0 Å². The average molecular weight is 463 g/mol. The molecule has 5 aromatic rings. The normalized spacial score (nSPS) is 10.8. The molecule has 7 nitrogen and oxygen atoms in total. The molecule has 0 spiro atoms. The Morgan fingerprint density at radius 2 is 1.66 bits per heavy atom. The maximum absolute atomic E-state index is 13.1. The molecule has 5 rings (SSSR count). The third-order valence-corrected chi connectivity index (χ3v) is 5.49. The van der Waals surface area contributed by atoms with Crippen LogP contribution in [-0.4, -0.2) is 33.0 Å². The summed E-state index contributed by atoms with van der Waals surface area (Å²) >= 11 is 0. The van der Waals surface area contributed by atoms with Gasteiger partial charge in [-0.3, -0.25) is 14.3 Å². The molecule has 172 valence electrons. The van der Waals surface area contributed by atoms with Crippen LogP contribution in [0.15, 0.2) is 97.2 Å². The predicted molar refractivity (Wildman–Crippen MR) is 135 cm³/mol. The second-order valence-corrected chi connectivity index (χ2v) is 7.75. The molecule has 0 saturated carbocycles. The van der Waals surface area contributed by atoms with Gasteiger partial charge < -0.3 is 10.1 Å². The molecule has 0 unspecified atom stereocenters. The van der Waals surface area contributed by atoms with Crippen molar-refractivity contribution in [3.05, 3.63) is 108 Å². The molecule has 0 aliphatic rings. The van der Waals surface area contributed by atoms with E-state index in [1.165, 1.54) is 0 Å². The number of nitrogens with zero attached hydrogens (tertiary/aromatic N) is 3. The van der Waals surface area contributed by atoms with Crippen LogP contribution in [-0.2, 0) is 4.74 Å². The third kappa shape index (κ3) is 4.39. The van der Waals surface area contributed by atoms with Crippen LogP contribution in [0.2, 0.25) is 0 Å². The van der Waals surface area contributed by atoms with Crippen molar-refractivity contribution in [3.63, 3.8) is 0 Å². The molecule has 7 heteroatoms. The largest absolute Gasteiger partial charge is 0.462 e. The fourth-order valence-corrected chi connectivity index (χ4v) is 3.89. The molecule has 0 aliphatic carbocycles. The van der Waals surface area contributed by atoms with Crippen molar-refractivity contribution >= 4 is 28.6 Å². The minimum absolute atomic E-state index is 0.252. The minimum atomic E-state index is -0.463. The highest BCUT2D eigenvalue weighted by molar-refractivity contribution is 6.06. The van der Waals surface area contributed by atoms with Crippen LogP contribution in [0.25, 0.3) is 28.2 Å². The average Bonchev–Trinajstić information content (AvgIpc) is 3.29. The van der Waals surface area contributed by atoms with Gasteiger partial charge in [0.15, 0.2) is 5.82 Å². The Bertz CT molecular complexity index is 1510. The lowest BCUT2D eigenvalue weighted by Gasteiger charge is -2.16. The van der Waals surface area contributed by atoms with E-state index in [-0.39, 0.29) is 12.5 Å². The molecule has 0 fully saturated rings. The van der Waals surface area contributed by atoms with Gasteiger partial charge in [0.25, 0.3) is 5.91 Å². The summed E-state index contributed by atoms with van der Waals surface area (Å²) in [6.45, 7) is 2.00.